The summed E-state index contributed by atoms with van der Waals surface area (Å²) in [5.41, 5.74) is 6.99. The summed E-state index contributed by atoms with van der Waals surface area (Å²) < 4.78 is 6.02. The second-order valence-electron chi connectivity index (χ2n) is 10.7. The number of aliphatic hydroxyl groups excluding tert-OH is 1. The fourth-order valence-electron chi connectivity index (χ4n) is 6.58. The molecule has 2 heterocycles. The number of piperazine rings is 1. The molecule has 4 aromatic rings. The number of fused-ring (bicyclic) bond motifs is 6. The number of rotatable bonds is 6. The van der Waals surface area contributed by atoms with Gasteiger partial charge in [0.15, 0.2) is 0 Å². The van der Waals surface area contributed by atoms with Crippen molar-refractivity contribution in [1.82, 2.24) is 14.8 Å². The third-order valence-corrected chi connectivity index (χ3v) is 8.45. The van der Waals surface area contributed by atoms with Crippen LogP contribution in [0.2, 0.25) is 0 Å². The predicted octanol–water partition coefficient (Wildman–Crippen LogP) is 4.97. The first kappa shape index (κ1) is 22.9. The lowest BCUT2D eigenvalue weighted by Gasteiger charge is -2.41. The van der Waals surface area contributed by atoms with Crippen molar-refractivity contribution in [3.63, 3.8) is 0 Å². The predicted molar refractivity (Wildman–Crippen MR) is 146 cm³/mol. The van der Waals surface area contributed by atoms with Crippen LogP contribution in [0.1, 0.15) is 46.6 Å². The Bertz CT molecular complexity index is 1360. The molecule has 1 aromatic heterocycles. The van der Waals surface area contributed by atoms with E-state index in [1.165, 1.54) is 17.5 Å². The SMILES string of the molecule is O[C@@H](COc1cccc2ncccc12)CN1CCN(C2c3ccccc3[C@H]3C[C@H]3c3ccccc32)CC1. The van der Waals surface area contributed by atoms with Crippen molar-refractivity contribution in [2.75, 3.05) is 39.3 Å². The van der Waals surface area contributed by atoms with Crippen molar-refractivity contribution in [2.45, 2.75) is 30.4 Å². The molecule has 5 nitrogen and oxygen atoms in total. The largest absolute Gasteiger partial charge is 0.490 e. The van der Waals surface area contributed by atoms with Crippen molar-refractivity contribution in [2.24, 2.45) is 0 Å². The Hall–Kier alpha value is -3.25. The number of hydrogen-bond donors (Lipinski definition) is 1. The lowest BCUT2D eigenvalue weighted by atomic mass is 9.90. The highest BCUT2D eigenvalue weighted by Gasteiger charge is 2.46. The van der Waals surface area contributed by atoms with Gasteiger partial charge in [0.25, 0.3) is 0 Å². The minimum atomic E-state index is -0.537. The molecule has 0 bridgehead atoms. The van der Waals surface area contributed by atoms with Gasteiger partial charge in [0.2, 0.25) is 0 Å². The molecule has 0 radical (unpaired) electrons. The highest BCUT2D eigenvalue weighted by atomic mass is 16.5. The van der Waals surface area contributed by atoms with Gasteiger partial charge < -0.3 is 9.84 Å². The fraction of sp³-hybridized carbons (Fsp3) is 0.344. The monoisotopic (exact) mass is 491 g/mol. The maximum atomic E-state index is 10.8. The maximum Gasteiger partial charge on any atom is 0.128 e. The smallest absolute Gasteiger partial charge is 0.128 e. The normalized spacial score (nSPS) is 24.0. The number of hydrogen-bond acceptors (Lipinski definition) is 5. The summed E-state index contributed by atoms with van der Waals surface area (Å²) in [7, 11) is 0. The highest BCUT2D eigenvalue weighted by Crippen LogP contribution is 2.60. The molecule has 188 valence electrons. The Morgan fingerprint density at radius 3 is 2.16 bits per heavy atom. The number of nitrogens with zero attached hydrogens (tertiary/aromatic N) is 3. The molecule has 1 N–H and O–H groups in total. The van der Waals surface area contributed by atoms with Gasteiger partial charge in [-0.1, -0.05) is 54.6 Å². The van der Waals surface area contributed by atoms with Gasteiger partial charge in [-0.25, -0.2) is 0 Å². The van der Waals surface area contributed by atoms with E-state index in [1.807, 2.05) is 30.3 Å². The Kier molecular flexibility index (Phi) is 5.92. The van der Waals surface area contributed by atoms with Crippen molar-refractivity contribution in [3.8, 4) is 5.75 Å². The van der Waals surface area contributed by atoms with Gasteiger partial charge in [0, 0.05) is 44.3 Å². The Morgan fingerprint density at radius 1 is 0.784 bits per heavy atom. The first-order valence-corrected chi connectivity index (χ1v) is 13.5. The van der Waals surface area contributed by atoms with Gasteiger partial charge in [-0.15, -0.1) is 0 Å². The average molecular weight is 492 g/mol. The maximum absolute atomic E-state index is 10.8. The molecule has 1 saturated heterocycles. The molecule has 3 aliphatic rings. The van der Waals surface area contributed by atoms with Crippen LogP contribution in [0.3, 0.4) is 0 Å². The highest BCUT2D eigenvalue weighted by molar-refractivity contribution is 5.84. The second kappa shape index (κ2) is 9.56. The molecule has 5 heteroatoms. The first-order valence-electron chi connectivity index (χ1n) is 13.5. The molecule has 4 atom stereocenters. The average Bonchev–Trinajstić information content (AvgIpc) is 3.75. The molecule has 1 unspecified atom stereocenters. The number of ether oxygens (including phenoxy) is 1. The lowest BCUT2D eigenvalue weighted by Crippen LogP contribution is -2.50. The van der Waals surface area contributed by atoms with Crippen LogP contribution in [-0.4, -0.2) is 65.3 Å². The number of aliphatic hydroxyl groups is 1. The van der Waals surface area contributed by atoms with E-state index in [0.29, 0.717) is 24.4 Å². The Labute approximate surface area is 218 Å². The van der Waals surface area contributed by atoms with E-state index in [9.17, 15) is 5.11 Å². The quantitative estimate of drug-likeness (QED) is 0.413. The number of benzene rings is 3. The topological polar surface area (TPSA) is 48.8 Å². The number of β-amino-alcohol motifs (C(OH)–C–C–N with tert-alkyl or cyclic N) is 1. The number of aromatic nitrogens is 1. The summed E-state index contributed by atoms with van der Waals surface area (Å²) in [4.78, 5) is 9.43. The van der Waals surface area contributed by atoms with Crippen LogP contribution >= 0.6 is 0 Å². The van der Waals surface area contributed by atoms with Crippen LogP contribution in [0.25, 0.3) is 10.9 Å². The summed E-state index contributed by atoms with van der Waals surface area (Å²) in [6, 6.07) is 28.4. The number of pyridine rings is 1. The van der Waals surface area contributed by atoms with Crippen molar-refractivity contribution in [1.29, 1.82) is 0 Å². The van der Waals surface area contributed by atoms with Gasteiger partial charge >= 0.3 is 0 Å². The summed E-state index contributed by atoms with van der Waals surface area (Å²) in [5.74, 6) is 2.13. The zero-order valence-electron chi connectivity index (χ0n) is 21.0. The summed E-state index contributed by atoms with van der Waals surface area (Å²) >= 11 is 0. The lowest BCUT2D eigenvalue weighted by molar-refractivity contribution is 0.0403. The minimum Gasteiger partial charge on any atom is -0.490 e. The molecule has 2 fully saturated rings. The van der Waals surface area contributed by atoms with Crippen LogP contribution in [0.4, 0.5) is 0 Å². The molecule has 7 rings (SSSR count). The zero-order valence-corrected chi connectivity index (χ0v) is 21.0. The Balaban J connectivity index is 1.02. The van der Waals surface area contributed by atoms with Crippen LogP contribution < -0.4 is 4.74 Å². The van der Waals surface area contributed by atoms with E-state index in [4.69, 9.17) is 4.74 Å². The molecule has 2 aliphatic carbocycles. The summed E-state index contributed by atoms with van der Waals surface area (Å²) in [6.07, 6.45) is 2.53. The molecule has 0 spiro atoms. The molecule has 37 heavy (non-hydrogen) atoms. The Morgan fingerprint density at radius 2 is 1.46 bits per heavy atom. The van der Waals surface area contributed by atoms with Crippen LogP contribution in [0, 0.1) is 0 Å². The van der Waals surface area contributed by atoms with Crippen molar-refractivity contribution < 1.29 is 9.84 Å². The van der Waals surface area contributed by atoms with E-state index in [1.54, 1.807) is 17.3 Å². The van der Waals surface area contributed by atoms with Crippen molar-refractivity contribution >= 4 is 10.9 Å². The fourth-order valence-corrected chi connectivity index (χ4v) is 6.58. The van der Waals surface area contributed by atoms with Gasteiger partial charge in [-0.2, -0.15) is 0 Å². The van der Waals surface area contributed by atoms with Crippen LogP contribution in [0.5, 0.6) is 5.75 Å². The standard InChI is InChI=1S/C32H33N3O2/c36-22(21-37-31-13-5-12-30-27(31)11-6-14-33-30)20-34-15-17-35(18-16-34)32-25-9-3-1-7-23(25)28-19-29(28)24-8-2-4-10-26(24)32/h1-14,22,28-29,32,36H,15-21H2/t22-,28-,29+,32?/m1/s1. The second-order valence-corrected chi connectivity index (χ2v) is 10.7. The van der Waals surface area contributed by atoms with Gasteiger partial charge in [-0.3, -0.25) is 14.8 Å². The van der Waals surface area contributed by atoms with E-state index in [0.717, 1.165) is 42.8 Å². The molecule has 1 aliphatic heterocycles. The third-order valence-electron chi connectivity index (χ3n) is 8.45. The zero-order chi connectivity index (χ0) is 24.8. The molecular weight excluding hydrogens is 458 g/mol. The van der Waals surface area contributed by atoms with Crippen LogP contribution in [-0.2, 0) is 0 Å². The summed E-state index contributed by atoms with van der Waals surface area (Å²) in [5, 5.41) is 11.8. The van der Waals surface area contributed by atoms with Gasteiger partial charge in [-0.05, 0) is 64.8 Å². The van der Waals surface area contributed by atoms with E-state index in [2.05, 4.69) is 63.3 Å². The third kappa shape index (κ3) is 4.31. The molecule has 1 saturated carbocycles. The van der Waals surface area contributed by atoms with E-state index in [-0.39, 0.29) is 6.61 Å². The van der Waals surface area contributed by atoms with E-state index < -0.39 is 6.10 Å². The van der Waals surface area contributed by atoms with E-state index >= 15 is 0 Å². The summed E-state index contributed by atoms with van der Waals surface area (Å²) in [6.45, 7) is 4.78. The van der Waals surface area contributed by atoms with Crippen molar-refractivity contribution in [3.05, 3.63) is 107 Å². The molecule has 3 aromatic carbocycles. The van der Waals surface area contributed by atoms with Gasteiger partial charge in [0.05, 0.1) is 11.6 Å². The van der Waals surface area contributed by atoms with Gasteiger partial charge in [0.1, 0.15) is 18.5 Å². The van der Waals surface area contributed by atoms with Crippen LogP contribution in [0.15, 0.2) is 85.1 Å². The molecule has 0 amide bonds. The minimum absolute atomic E-state index is 0.278. The molecular formula is C32H33N3O2. The first-order chi connectivity index (χ1) is 18.3.